The second-order valence-corrected chi connectivity index (χ2v) is 4.40. The maximum absolute atomic E-state index is 12.2. The fraction of sp³-hybridized carbons (Fsp3) is 0.231. The lowest BCUT2D eigenvalue weighted by Crippen LogP contribution is -2.26. The van der Waals surface area contributed by atoms with Gasteiger partial charge in [0, 0.05) is 36.6 Å². The summed E-state index contributed by atoms with van der Waals surface area (Å²) in [6, 6.07) is 5.37. The third-order valence-corrected chi connectivity index (χ3v) is 2.67. The number of nitrogen functional groups attached to an aromatic ring is 1. The minimum absolute atomic E-state index is 0.0494. The summed E-state index contributed by atoms with van der Waals surface area (Å²) < 4.78 is 0. The maximum atomic E-state index is 12.2. The molecule has 0 aliphatic carbocycles. The van der Waals surface area contributed by atoms with Gasteiger partial charge in [-0.15, -0.1) is 0 Å². The van der Waals surface area contributed by atoms with E-state index in [-0.39, 0.29) is 5.91 Å². The van der Waals surface area contributed by atoms with Crippen LogP contribution in [0.4, 0.5) is 5.69 Å². The first-order valence-electron chi connectivity index (χ1n) is 5.66. The molecule has 1 heterocycles. The number of rotatable bonds is 3. The Kier molecular flexibility index (Phi) is 3.32. The fourth-order valence-electron chi connectivity index (χ4n) is 1.87. The first-order chi connectivity index (χ1) is 8.56. The van der Waals surface area contributed by atoms with E-state index in [1.807, 2.05) is 19.1 Å². The average Bonchev–Trinajstić information content (AvgIpc) is 2.79. The number of amides is 1. The molecule has 0 bridgehead atoms. The van der Waals surface area contributed by atoms with E-state index in [1.54, 1.807) is 30.4 Å². The molecule has 1 amide bonds. The molecular weight excluding hydrogens is 228 g/mol. The van der Waals surface area contributed by atoms with Gasteiger partial charge in [0.2, 0.25) is 0 Å². The van der Waals surface area contributed by atoms with Crippen LogP contribution in [-0.2, 0) is 6.54 Å². The van der Waals surface area contributed by atoms with E-state index in [4.69, 9.17) is 5.73 Å². The van der Waals surface area contributed by atoms with Gasteiger partial charge in [0.25, 0.3) is 5.91 Å². The SMILES string of the molecule is Cc1cc(N)cc(C(=O)N(C)Cc2cn[nH]c2)c1. The monoisotopic (exact) mass is 244 g/mol. The smallest absolute Gasteiger partial charge is 0.253 e. The van der Waals surface area contributed by atoms with E-state index in [0.29, 0.717) is 17.8 Å². The molecule has 0 saturated heterocycles. The Hall–Kier alpha value is -2.30. The third kappa shape index (κ3) is 2.68. The highest BCUT2D eigenvalue weighted by Crippen LogP contribution is 2.14. The van der Waals surface area contributed by atoms with Gasteiger partial charge in [0.05, 0.1) is 6.20 Å². The largest absolute Gasteiger partial charge is 0.399 e. The standard InChI is InChI=1S/C13H16N4O/c1-9-3-11(5-12(14)4-9)13(18)17(2)8-10-6-15-16-7-10/h3-7H,8,14H2,1-2H3,(H,15,16). The van der Waals surface area contributed by atoms with Gasteiger partial charge in [-0.2, -0.15) is 5.10 Å². The lowest BCUT2D eigenvalue weighted by molar-refractivity contribution is 0.0785. The fourth-order valence-corrected chi connectivity index (χ4v) is 1.87. The molecule has 5 heteroatoms. The Morgan fingerprint density at radius 3 is 2.83 bits per heavy atom. The second-order valence-electron chi connectivity index (χ2n) is 4.40. The van der Waals surface area contributed by atoms with Crippen LogP contribution in [0.1, 0.15) is 21.5 Å². The van der Waals surface area contributed by atoms with Crippen LogP contribution in [0.15, 0.2) is 30.6 Å². The Bertz CT molecular complexity index is 528. The first kappa shape index (κ1) is 12.2. The zero-order valence-corrected chi connectivity index (χ0v) is 10.5. The van der Waals surface area contributed by atoms with Crippen LogP contribution in [0.25, 0.3) is 0 Å². The third-order valence-electron chi connectivity index (χ3n) is 2.67. The number of anilines is 1. The molecule has 18 heavy (non-hydrogen) atoms. The number of nitrogens with one attached hydrogen (secondary N) is 1. The molecule has 0 aliphatic rings. The van der Waals surface area contributed by atoms with E-state index in [2.05, 4.69) is 10.2 Å². The van der Waals surface area contributed by atoms with E-state index in [9.17, 15) is 4.79 Å². The molecule has 0 aliphatic heterocycles. The second kappa shape index (κ2) is 4.91. The topological polar surface area (TPSA) is 75.0 Å². The minimum atomic E-state index is -0.0494. The zero-order valence-electron chi connectivity index (χ0n) is 10.5. The highest BCUT2D eigenvalue weighted by Gasteiger charge is 2.13. The molecule has 0 spiro atoms. The number of hydrogen-bond donors (Lipinski definition) is 2. The molecule has 0 atom stereocenters. The van der Waals surface area contributed by atoms with Gasteiger partial charge >= 0.3 is 0 Å². The highest BCUT2D eigenvalue weighted by molar-refractivity contribution is 5.95. The number of hydrogen-bond acceptors (Lipinski definition) is 3. The molecule has 1 aromatic carbocycles. The van der Waals surface area contributed by atoms with Crippen molar-refractivity contribution < 1.29 is 4.79 Å². The normalized spacial score (nSPS) is 10.3. The summed E-state index contributed by atoms with van der Waals surface area (Å²) in [5, 5.41) is 6.58. The van der Waals surface area contributed by atoms with Gasteiger partial charge < -0.3 is 10.6 Å². The van der Waals surface area contributed by atoms with E-state index >= 15 is 0 Å². The molecule has 1 aromatic heterocycles. The van der Waals surface area contributed by atoms with Gasteiger partial charge in [-0.3, -0.25) is 9.89 Å². The summed E-state index contributed by atoms with van der Waals surface area (Å²) in [5.74, 6) is -0.0494. The number of carbonyl (C=O) groups is 1. The van der Waals surface area contributed by atoms with E-state index < -0.39 is 0 Å². The molecule has 2 aromatic rings. The summed E-state index contributed by atoms with van der Waals surface area (Å²) in [4.78, 5) is 13.9. The molecule has 5 nitrogen and oxygen atoms in total. The van der Waals surface area contributed by atoms with Crippen LogP contribution in [0.5, 0.6) is 0 Å². The number of nitrogens with zero attached hydrogens (tertiary/aromatic N) is 2. The van der Waals surface area contributed by atoms with Crippen molar-refractivity contribution in [1.29, 1.82) is 0 Å². The van der Waals surface area contributed by atoms with E-state index in [0.717, 1.165) is 11.1 Å². The Balaban J connectivity index is 2.15. The number of carbonyl (C=O) groups excluding carboxylic acids is 1. The Labute approximate surface area is 106 Å². The maximum Gasteiger partial charge on any atom is 0.253 e. The van der Waals surface area contributed by atoms with Gasteiger partial charge in [0.1, 0.15) is 0 Å². The number of aromatic amines is 1. The van der Waals surface area contributed by atoms with Gasteiger partial charge in [-0.05, 0) is 30.7 Å². The van der Waals surface area contributed by atoms with Crippen LogP contribution in [0, 0.1) is 6.92 Å². The molecule has 94 valence electrons. The van der Waals surface area contributed by atoms with Crippen molar-refractivity contribution in [1.82, 2.24) is 15.1 Å². The molecule has 3 N–H and O–H groups in total. The molecular formula is C13H16N4O. The van der Waals surface area contributed by atoms with Crippen molar-refractivity contribution in [2.45, 2.75) is 13.5 Å². The summed E-state index contributed by atoms with van der Waals surface area (Å²) >= 11 is 0. The van der Waals surface area contributed by atoms with Crippen LogP contribution in [-0.4, -0.2) is 28.1 Å². The van der Waals surface area contributed by atoms with Gasteiger partial charge in [-0.25, -0.2) is 0 Å². The van der Waals surface area contributed by atoms with Crippen LogP contribution >= 0.6 is 0 Å². The highest BCUT2D eigenvalue weighted by atomic mass is 16.2. The molecule has 0 fully saturated rings. The quantitative estimate of drug-likeness (QED) is 0.805. The van der Waals surface area contributed by atoms with Crippen molar-refractivity contribution in [3.63, 3.8) is 0 Å². The Morgan fingerprint density at radius 1 is 1.44 bits per heavy atom. The molecule has 2 rings (SSSR count). The van der Waals surface area contributed by atoms with Crippen LogP contribution in [0.2, 0.25) is 0 Å². The Morgan fingerprint density at radius 2 is 2.22 bits per heavy atom. The lowest BCUT2D eigenvalue weighted by atomic mass is 10.1. The minimum Gasteiger partial charge on any atom is -0.399 e. The van der Waals surface area contributed by atoms with Crippen molar-refractivity contribution in [2.24, 2.45) is 0 Å². The zero-order chi connectivity index (χ0) is 13.1. The molecule has 0 saturated carbocycles. The lowest BCUT2D eigenvalue weighted by Gasteiger charge is -2.16. The predicted molar refractivity (Wildman–Crippen MR) is 70.0 cm³/mol. The number of nitrogens with two attached hydrogens (primary N) is 1. The predicted octanol–water partition coefficient (Wildman–Crippen LogP) is 1.57. The van der Waals surface area contributed by atoms with Crippen molar-refractivity contribution in [3.8, 4) is 0 Å². The van der Waals surface area contributed by atoms with Crippen molar-refractivity contribution in [2.75, 3.05) is 12.8 Å². The number of H-pyrrole nitrogens is 1. The van der Waals surface area contributed by atoms with E-state index in [1.165, 1.54) is 0 Å². The summed E-state index contributed by atoms with van der Waals surface area (Å²) in [7, 11) is 1.76. The number of aryl methyl sites for hydroxylation is 1. The first-order valence-corrected chi connectivity index (χ1v) is 5.66. The van der Waals surface area contributed by atoms with Crippen molar-refractivity contribution >= 4 is 11.6 Å². The summed E-state index contributed by atoms with van der Waals surface area (Å²) in [6.45, 7) is 2.44. The summed E-state index contributed by atoms with van der Waals surface area (Å²) in [6.07, 6.45) is 3.47. The number of benzene rings is 1. The molecule has 0 radical (unpaired) electrons. The number of aromatic nitrogens is 2. The van der Waals surface area contributed by atoms with Crippen molar-refractivity contribution in [3.05, 3.63) is 47.3 Å². The van der Waals surface area contributed by atoms with Crippen LogP contribution < -0.4 is 5.73 Å². The average molecular weight is 244 g/mol. The molecule has 0 unspecified atom stereocenters. The van der Waals surface area contributed by atoms with Gasteiger partial charge in [0.15, 0.2) is 0 Å². The van der Waals surface area contributed by atoms with Crippen LogP contribution in [0.3, 0.4) is 0 Å². The van der Waals surface area contributed by atoms with Gasteiger partial charge in [-0.1, -0.05) is 0 Å². The summed E-state index contributed by atoms with van der Waals surface area (Å²) in [5.41, 5.74) is 8.91.